The molecular weight excluding hydrogens is 308 g/mol. The minimum atomic E-state index is -0.126. The summed E-state index contributed by atoms with van der Waals surface area (Å²) in [5.41, 5.74) is 2.59. The van der Waals surface area contributed by atoms with Crippen molar-refractivity contribution in [3.8, 4) is 0 Å². The highest BCUT2D eigenvalue weighted by Gasteiger charge is 2.31. The van der Waals surface area contributed by atoms with Gasteiger partial charge in [-0.3, -0.25) is 4.90 Å². The Hall–Kier alpha value is -1.16. The molecule has 0 aromatic heterocycles. The van der Waals surface area contributed by atoms with Crippen molar-refractivity contribution in [2.75, 3.05) is 32.8 Å². The summed E-state index contributed by atoms with van der Waals surface area (Å²) >= 11 is 0. The lowest BCUT2D eigenvalue weighted by molar-refractivity contribution is 0.124. The van der Waals surface area contributed by atoms with E-state index in [2.05, 4.69) is 74.3 Å². The van der Waals surface area contributed by atoms with Crippen molar-refractivity contribution >= 4 is 0 Å². The zero-order chi connectivity index (χ0) is 18.3. The zero-order valence-corrected chi connectivity index (χ0v) is 16.5. The SMILES string of the molecule is CC(C)=CCN1CCC(NCC(c2ccccc2)C(C)(C)CO)CC1. The predicted molar refractivity (Wildman–Crippen MR) is 107 cm³/mol. The molecule has 1 unspecified atom stereocenters. The van der Waals surface area contributed by atoms with Gasteiger partial charge in [-0.15, -0.1) is 0 Å². The fraction of sp³-hybridized carbons (Fsp3) is 0.636. The molecule has 1 aliphatic heterocycles. The first-order chi connectivity index (χ1) is 11.9. The third-order valence-corrected chi connectivity index (χ3v) is 5.51. The van der Waals surface area contributed by atoms with Crippen molar-refractivity contribution in [1.29, 1.82) is 0 Å². The van der Waals surface area contributed by atoms with E-state index < -0.39 is 0 Å². The van der Waals surface area contributed by atoms with Gasteiger partial charge in [0.1, 0.15) is 0 Å². The minimum absolute atomic E-state index is 0.126. The van der Waals surface area contributed by atoms with E-state index in [9.17, 15) is 5.11 Å². The maximum absolute atomic E-state index is 9.86. The molecule has 0 saturated carbocycles. The van der Waals surface area contributed by atoms with E-state index in [1.807, 2.05) is 0 Å². The summed E-state index contributed by atoms with van der Waals surface area (Å²) in [6, 6.07) is 11.2. The third kappa shape index (κ3) is 6.25. The first-order valence-corrected chi connectivity index (χ1v) is 9.67. The summed E-state index contributed by atoms with van der Waals surface area (Å²) < 4.78 is 0. The van der Waals surface area contributed by atoms with E-state index >= 15 is 0 Å². The van der Waals surface area contributed by atoms with Crippen molar-refractivity contribution in [2.24, 2.45) is 5.41 Å². The molecule has 1 aromatic carbocycles. The molecule has 1 fully saturated rings. The second-order valence-electron chi connectivity index (χ2n) is 8.37. The molecule has 0 bridgehead atoms. The van der Waals surface area contributed by atoms with Crippen LogP contribution < -0.4 is 5.32 Å². The van der Waals surface area contributed by atoms with Crippen LogP contribution in [0.4, 0.5) is 0 Å². The molecule has 140 valence electrons. The molecule has 1 aliphatic rings. The smallest absolute Gasteiger partial charge is 0.0488 e. The predicted octanol–water partition coefficient (Wildman–Crippen LogP) is 3.81. The standard InChI is InChI=1S/C22H36N2O/c1-18(2)10-13-24-14-11-20(12-15-24)23-16-21(22(3,4)17-25)19-8-6-5-7-9-19/h5-10,20-21,23,25H,11-17H2,1-4H3. The monoisotopic (exact) mass is 344 g/mol. The van der Waals surface area contributed by atoms with Gasteiger partial charge in [0.2, 0.25) is 0 Å². The molecule has 0 spiro atoms. The summed E-state index contributed by atoms with van der Waals surface area (Å²) in [6.45, 7) is 13.2. The number of hydrogen-bond donors (Lipinski definition) is 2. The summed E-state index contributed by atoms with van der Waals surface area (Å²) in [5.74, 6) is 0.322. The number of rotatable bonds is 8. The van der Waals surface area contributed by atoms with Gasteiger partial charge in [-0.2, -0.15) is 0 Å². The van der Waals surface area contributed by atoms with E-state index in [4.69, 9.17) is 0 Å². The number of likely N-dealkylation sites (tertiary alicyclic amines) is 1. The molecule has 25 heavy (non-hydrogen) atoms. The maximum atomic E-state index is 9.86. The number of hydrogen-bond acceptors (Lipinski definition) is 3. The molecule has 3 nitrogen and oxygen atoms in total. The van der Waals surface area contributed by atoms with Crippen LogP contribution in [0.15, 0.2) is 42.0 Å². The quantitative estimate of drug-likeness (QED) is 0.704. The van der Waals surface area contributed by atoms with Crippen LogP contribution in [-0.2, 0) is 0 Å². The number of piperidine rings is 1. The van der Waals surface area contributed by atoms with Crippen molar-refractivity contribution in [1.82, 2.24) is 10.2 Å². The van der Waals surface area contributed by atoms with E-state index in [0.717, 1.165) is 13.1 Å². The normalized spacial score (nSPS) is 18.1. The largest absolute Gasteiger partial charge is 0.396 e. The third-order valence-electron chi connectivity index (χ3n) is 5.51. The van der Waals surface area contributed by atoms with Gasteiger partial charge in [0, 0.05) is 31.7 Å². The van der Waals surface area contributed by atoms with Gasteiger partial charge in [0.05, 0.1) is 0 Å². The van der Waals surface area contributed by atoms with Crippen LogP contribution in [-0.4, -0.2) is 48.8 Å². The molecule has 1 atom stereocenters. The Labute approximate surface area is 154 Å². The Kier molecular flexibility index (Phi) is 7.67. The van der Waals surface area contributed by atoms with Crippen LogP contribution >= 0.6 is 0 Å². The zero-order valence-electron chi connectivity index (χ0n) is 16.5. The highest BCUT2D eigenvalue weighted by atomic mass is 16.3. The van der Waals surface area contributed by atoms with Crippen molar-refractivity contribution in [3.63, 3.8) is 0 Å². The van der Waals surface area contributed by atoms with E-state index in [0.29, 0.717) is 12.0 Å². The maximum Gasteiger partial charge on any atom is 0.0488 e. The Morgan fingerprint density at radius 3 is 2.44 bits per heavy atom. The van der Waals surface area contributed by atoms with Crippen LogP contribution in [0.25, 0.3) is 0 Å². The first kappa shape index (κ1) is 20.2. The second kappa shape index (κ2) is 9.51. The first-order valence-electron chi connectivity index (χ1n) is 9.67. The van der Waals surface area contributed by atoms with Gasteiger partial charge in [0.15, 0.2) is 0 Å². The highest BCUT2D eigenvalue weighted by molar-refractivity contribution is 5.22. The Morgan fingerprint density at radius 2 is 1.88 bits per heavy atom. The number of allylic oxidation sites excluding steroid dienone is 1. The molecule has 2 N–H and O–H groups in total. The fourth-order valence-corrected chi connectivity index (χ4v) is 3.56. The Balaban J connectivity index is 1.88. The minimum Gasteiger partial charge on any atom is -0.396 e. The van der Waals surface area contributed by atoms with Gasteiger partial charge in [-0.05, 0) is 50.8 Å². The molecular formula is C22H36N2O. The fourth-order valence-electron chi connectivity index (χ4n) is 3.56. The molecule has 2 rings (SSSR count). The summed E-state index contributed by atoms with van der Waals surface area (Å²) in [4.78, 5) is 2.54. The molecule has 0 amide bonds. The molecule has 0 aliphatic carbocycles. The van der Waals surface area contributed by atoms with Gasteiger partial charge in [-0.25, -0.2) is 0 Å². The number of aliphatic hydroxyl groups is 1. The molecule has 3 heteroatoms. The second-order valence-corrected chi connectivity index (χ2v) is 8.37. The number of nitrogens with zero attached hydrogens (tertiary/aromatic N) is 1. The molecule has 0 radical (unpaired) electrons. The lowest BCUT2D eigenvalue weighted by atomic mass is 9.75. The molecule has 1 heterocycles. The summed E-state index contributed by atoms with van der Waals surface area (Å²) in [6.07, 6.45) is 4.73. The average molecular weight is 345 g/mol. The Morgan fingerprint density at radius 1 is 1.24 bits per heavy atom. The topological polar surface area (TPSA) is 35.5 Å². The van der Waals surface area contributed by atoms with Crippen molar-refractivity contribution in [2.45, 2.75) is 52.5 Å². The summed E-state index contributed by atoms with van der Waals surface area (Å²) in [7, 11) is 0. The van der Waals surface area contributed by atoms with E-state index in [-0.39, 0.29) is 12.0 Å². The average Bonchev–Trinajstić information content (AvgIpc) is 2.62. The van der Waals surface area contributed by atoms with Crippen LogP contribution in [0.3, 0.4) is 0 Å². The van der Waals surface area contributed by atoms with Gasteiger partial charge in [-0.1, -0.05) is 55.8 Å². The van der Waals surface area contributed by atoms with Gasteiger partial charge < -0.3 is 10.4 Å². The summed E-state index contributed by atoms with van der Waals surface area (Å²) in [5, 5.41) is 13.7. The van der Waals surface area contributed by atoms with E-state index in [1.54, 1.807) is 0 Å². The van der Waals surface area contributed by atoms with Crippen LogP contribution in [0.2, 0.25) is 0 Å². The van der Waals surface area contributed by atoms with Crippen molar-refractivity contribution in [3.05, 3.63) is 47.5 Å². The molecule has 1 saturated heterocycles. The van der Waals surface area contributed by atoms with Gasteiger partial charge >= 0.3 is 0 Å². The van der Waals surface area contributed by atoms with Crippen LogP contribution in [0, 0.1) is 5.41 Å². The highest BCUT2D eigenvalue weighted by Crippen LogP contribution is 2.34. The lowest BCUT2D eigenvalue weighted by Gasteiger charge is -2.37. The number of benzene rings is 1. The number of aliphatic hydroxyl groups excluding tert-OH is 1. The lowest BCUT2D eigenvalue weighted by Crippen LogP contribution is -2.45. The number of nitrogens with one attached hydrogen (secondary N) is 1. The van der Waals surface area contributed by atoms with Gasteiger partial charge in [0.25, 0.3) is 0 Å². The van der Waals surface area contributed by atoms with Crippen molar-refractivity contribution < 1.29 is 5.11 Å². The van der Waals surface area contributed by atoms with E-state index in [1.165, 1.54) is 37.1 Å². The van der Waals surface area contributed by atoms with Crippen LogP contribution in [0.1, 0.15) is 52.0 Å². The Bertz CT molecular complexity index is 526. The molecule has 1 aromatic rings. The van der Waals surface area contributed by atoms with Crippen LogP contribution in [0.5, 0.6) is 0 Å².